The van der Waals surface area contributed by atoms with Crippen molar-refractivity contribution in [2.75, 3.05) is 13.1 Å². The minimum absolute atomic E-state index is 0.303. The average Bonchev–Trinajstić information content (AvgIpc) is 2.85. The molecular weight excluding hydrogens is 172 g/mol. The summed E-state index contributed by atoms with van der Waals surface area (Å²) in [5, 5.41) is 3.57. The third-order valence-electron chi connectivity index (χ3n) is 3.96. The Kier molecular flexibility index (Phi) is 3.96. The average molecular weight is 198 g/mol. The third kappa shape index (κ3) is 2.96. The summed E-state index contributed by atoms with van der Waals surface area (Å²) in [6.07, 6.45) is 2.81. The Bertz CT molecular complexity index is 171. The largest absolute Gasteiger partial charge is 0.328 e. The summed E-state index contributed by atoms with van der Waals surface area (Å²) in [4.78, 5) is 0. The minimum atomic E-state index is 0.303. The van der Waals surface area contributed by atoms with Crippen LogP contribution in [0.25, 0.3) is 0 Å². The Morgan fingerprint density at radius 1 is 1.21 bits per heavy atom. The molecule has 1 rings (SSSR count). The first-order chi connectivity index (χ1) is 6.48. The Labute approximate surface area is 88.6 Å². The Morgan fingerprint density at radius 3 is 2.14 bits per heavy atom. The molecule has 14 heavy (non-hydrogen) atoms. The van der Waals surface area contributed by atoms with E-state index in [9.17, 15) is 0 Å². The van der Waals surface area contributed by atoms with Crippen LogP contribution in [0.3, 0.4) is 0 Å². The summed E-state index contributed by atoms with van der Waals surface area (Å²) in [5.41, 5.74) is 6.44. The van der Waals surface area contributed by atoms with Crippen LogP contribution < -0.4 is 11.1 Å². The van der Waals surface area contributed by atoms with E-state index < -0.39 is 0 Å². The van der Waals surface area contributed by atoms with Crippen LogP contribution in [-0.2, 0) is 0 Å². The fraction of sp³-hybridized carbons (Fsp3) is 1.00. The number of hydrogen-bond donors (Lipinski definition) is 2. The third-order valence-corrected chi connectivity index (χ3v) is 3.96. The topological polar surface area (TPSA) is 38.0 Å². The highest BCUT2D eigenvalue weighted by molar-refractivity contribution is 4.97. The predicted octanol–water partition coefficient (Wildman–Crippen LogP) is 2.00. The molecule has 2 atom stereocenters. The number of nitrogens with two attached hydrogens (primary N) is 1. The van der Waals surface area contributed by atoms with Crippen molar-refractivity contribution in [2.24, 2.45) is 23.0 Å². The molecule has 0 aliphatic heterocycles. The van der Waals surface area contributed by atoms with Gasteiger partial charge in [0.05, 0.1) is 0 Å². The van der Waals surface area contributed by atoms with Gasteiger partial charge in [-0.1, -0.05) is 20.8 Å². The van der Waals surface area contributed by atoms with E-state index in [0.29, 0.717) is 17.4 Å². The van der Waals surface area contributed by atoms with Crippen molar-refractivity contribution in [1.29, 1.82) is 0 Å². The van der Waals surface area contributed by atoms with Crippen LogP contribution in [0.15, 0.2) is 0 Å². The second kappa shape index (κ2) is 4.63. The smallest absolute Gasteiger partial charge is 0.00482 e. The number of nitrogens with one attached hydrogen (secondary N) is 1. The van der Waals surface area contributed by atoms with Gasteiger partial charge in [0, 0.05) is 12.6 Å². The van der Waals surface area contributed by atoms with Gasteiger partial charge < -0.3 is 11.1 Å². The van der Waals surface area contributed by atoms with Crippen molar-refractivity contribution in [3.05, 3.63) is 0 Å². The predicted molar refractivity (Wildman–Crippen MR) is 62.2 cm³/mol. The molecule has 0 aromatic heterocycles. The minimum Gasteiger partial charge on any atom is -0.328 e. The molecule has 1 aliphatic carbocycles. The van der Waals surface area contributed by atoms with Crippen LogP contribution in [-0.4, -0.2) is 19.1 Å². The van der Waals surface area contributed by atoms with Gasteiger partial charge in [-0.25, -0.2) is 0 Å². The summed E-state index contributed by atoms with van der Waals surface area (Å²) in [6, 6.07) is 0.303. The molecule has 0 bridgehead atoms. The maximum atomic E-state index is 5.82. The Morgan fingerprint density at radius 2 is 1.79 bits per heavy atom. The zero-order chi connectivity index (χ0) is 10.8. The summed E-state index contributed by atoms with van der Waals surface area (Å²) < 4.78 is 0. The second-order valence-corrected chi connectivity index (χ2v) is 5.48. The summed E-state index contributed by atoms with van der Waals surface area (Å²) in [6.45, 7) is 11.2. The molecule has 0 heterocycles. The van der Waals surface area contributed by atoms with Crippen LogP contribution in [0.4, 0.5) is 0 Å². The lowest BCUT2D eigenvalue weighted by molar-refractivity contribution is 0.322. The molecule has 3 N–H and O–H groups in total. The first-order valence-corrected chi connectivity index (χ1v) is 5.94. The molecule has 0 aromatic rings. The summed E-state index contributed by atoms with van der Waals surface area (Å²) >= 11 is 0. The van der Waals surface area contributed by atoms with Crippen LogP contribution >= 0.6 is 0 Å². The highest BCUT2D eigenvalue weighted by atomic mass is 14.9. The quantitative estimate of drug-likeness (QED) is 0.685. The van der Waals surface area contributed by atoms with Crippen LogP contribution in [0.2, 0.25) is 0 Å². The molecule has 0 spiro atoms. The van der Waals surface area contributed by atoms with Gasteiger partial charge >= 0.3 is 0 Å². The van der Waals surface area contributed by atoms with E-state index in [1.807, 2.05) is 0 Å². The SMILES string of the molecule is CC(N)C(C)CNCC1(C(C)C)CC1. The lowest BCUT2D eigenvalue weighted by Gasteiger charge is -2.22. The molecule has 2 nitrogen and oxygen atoms in total. The molecule has 2 heteroatoms. The monoisotopic (exact) mass is 198 g/mol. The van der Waals surface area contributed by atoms with E-state index >= 15 is 0 Å². The number of rotatable bonds is 6. The van der Waals surface area contributed by atoms with E-state index in [1.54, 1.807) is 0 Å². The van der Waals surface area contributed by atoms with Gasteiger partial charge in [0.2, 0.25) is 0 Å². The summed E-state index contributed by atoms with van der Waals surface area (Å²) in [5.74, 6) is 1.40. The zero-order valence-corrected chi connectivity index (χ0v) is 10.1. The highest BCUT2D eigenvalue weighted by Crippen LogP contribution is 2.51. The standard InChI is InChI=1S/C12H26N2/c1-9(2)12(5-6-12)8-14-7-10(3)11(4)13/h9-11,14H,5-8,13H2,1-4H3. The van der Waals surface area contributed by atoms with Crippen molar-refractivity contribution in [3.8, 4) is 0 Å². The lowest BCUT2D eigenvalue weighted by Crippen LogP contribution is -2.36. The van der Waals surface area contributed by atoms with E-state index in [0.717, 1.165) is 12.5 Å². The molecule has 0 aromatic carbocycles. The summed E-state index contributed by atoms with van der Waals surface area (Å²) in [7, 11) is 0. The van der Waals surface area contributed by atoms with Crippen molar-refractivity contribution in [1.82, 2.24) is 5.32 Å². The van der Waals surface area contributed by atoms with E-state index in [-0.39, 0.29) is 0 Å². The normalized spacial score (nSPS) is 23.6. The molecule has 1 fully saturated rings. The maximum Gasteiger partial charge on any atom is 0.00482 e. The van der Waals surface area contributed by atoms with Gasteiger partial charge in [-0.2, -0.15) is 0 Å². The van der Waals surface area contributed by atoms with E-state index in [4.69, 9.17) is 5.73 Å². The van der Waals surface area contributed by atoms with Gasteiger partial charge in [0.1, 0.15) is 0 Å². The molecule has 1 saturated carbocycles. The highest BCUT2D eigenvalue weighted by Gasteiger charge is 2.44. The van der Waals surface area contributed by atoms with E-state index in [2.05, 4.69) is 33.0 Å². The van der Waals surface area contributed by atoms with Crippen molar-refractivity contribution >= 4 is 0 Å². The molecular formula is C12H26N2. The Hall–Kier alpha value is -0.0800. The molecule has 0 saturated heterocycles. The maximum absolute atomic E-state index is 5.82. The zero-order valence-electron chi connectivity index (χ0n) is 10.1. The Balaban J connectivity index is 2.16. The fourth-order valence-corrected chi connectivity index (χ4v) is 1.85. The first-order valence-electron chi connectivity index (χ1n) is 5.94. The van der Waals surface area contributed by atoms with Gasteiger partial charge in [0.15, 0.2) is 0 Å². The van der Waals surface area contributed by atoms with Crippen molar-refractivity contribution in [3.63, 3.8) is 0 Å². The molecule has 2 unspecified atom stereocenters. The van der Waals surface area contributed by atoms with Crippen molar-refractivity contribution in [2.45, 2.75) is 46.6 Å². The van der Waals surface area contributed by atoms with Crippen LogP contribution in [0.1, 0.15) is 40.5 Å². The lowest BCUT2D eigenvalue weighted by atomic mass is 9.92. The second-order valence-electron chi connectivity index (χ2n) is 5.48. The van der Waals surface area contributed by atoms with Crippen LogP contribution in [0.5, 0.6) is 0 Å². The van der Waals surface area contributed by atoms with Crippen LogP contribution in [0, 0.1) is 17.3 Å². The van der Waals surface area contributed by atoms with Gasteiger partial charge in [-0.05, 0) is 43.6 Å². The number of hydrogen-bond acceptors (Lipinski definition) is 2. The molecule has 1 aliphatic rings. The van der Waals surface area contributed by atoms with Gasteiger partial charge in [0.25, 0.3) is 0 Å². The first kappa shape index (κ1) is 12.0. The van der Waals surface area contributed by atoms with Gasteiger partial charge in [-0.15, -0.1) is 0 Å². The fourth-order valence-electron chi connectivity index (χ4n) is 1.85. The van der Waals surface area contributed by atoms with Crippen molar-refractivity contribution < 1.29 is 0 Å². The molecule has 84 valence electrons. The molecule has 0 radical (unpaired) electrons. The molecule has 0 amide bonds. The van der Waals surface area contributed by atoms with Gasteiger partial charge in [-0.3, -0.25) is 0 Å². The van der Waals surface area contributed by atoms with E-state index in [1.165, 1.54) is 19.4 Å².